The van der Waals surface area contributed by atoms with Crippen LogP contribution in [0.2, 0.25) is 0 Å². The van der Waals surface area contributed by atoms with Gasteiger partial charge in [-0.3, -0.25) is 4.79 Å². The van der Waals surface area contributed by atoms with E-state index in [9.17, 15) is 4.79 Å². The molecule has 0 spiro atoms. The zero-order chi connectivity index (χ0) is 21.5. The summed E-state index contributed by atoms with van der Waals surface area (Å²) in [6, 6.07) is 16.9. The van der Waals surface area contributed by atoms with Crippen LogP contribution in [0.4, 0.5) is 11.5 Å². The van der Waals surface area contributed by atoms with Gasteiger partial charge in [0.05, 0.1) is 26.5 Å². The number of nitrogens with zero attached hydrogens (tertiary/aromatic N) is 3. The molecule has 0 aliphatic rings. The molecule has 0 aliphatic carbocycles. The maximum atomic E-state index is 11.7. The molecule has 0 bridgehead atoms. The van der Waals surface area contributed by atoms with E-state index >= 15 is 0 Å². The fourth-order valence-electron chi connectivity index (χ4n) is 2.86. The predicted molar refractivity (Wildman–Crippen MR) is 114 cm³/mol. The summed E-state index contributed by atoms with van der Waals surface area (Å²) in [4.78, 5) is 25.9. The molecule has 1 heterocycles. The second kappa shape index (κ2) is 9.60. The van der Waals surface area contributed by atoms with Crippen LogP contribution in [0.3, 0.4) is 0 Å². The number of methoxy groups -OCH3 is 2. The highest BCUT2D eigenvalue weighted by molar-refractivity contribution is 5.69. The molecule has 0 fully saturated rings. The fourth-order valence-corrected chi connectivity index (χ4v) is 2.86. The minimum Gasteiger partial charge on any atom is -0.497 e. The third-order valence-corrected chi connectivity index (χ3v) is 4.31. The summed E-state index contributed by atoms with van der Waals surface area (Å²) in [7, 11) is 3.10. The Labute approximate surface area is 175 Å². The van der Waals surface area contributed by atoms with Crippen molar-refractivity contribution in [3.8, 4) is 23.0 Å². The number of anilines is 2. The Morgan fingerprint density at radius 3 is 2.43 bits per heavy atom. The lowest BCUT2D eigenvalue weighted by atomic mass is 10.1. The van der Waals surface area contributed by atoms with E-state index in [1.165, 1.54) is 19.1 Å². The van der Waals surface area contributed by atoms with Crippen molar-refractivity contribution in [1.82, 2.24) is 9.97 Å². The molecule has 3 aromatic rings. The van der Waals surface area contributed by atoms with E-state index in [4.69, 9.17) is 20.0 Å². The molecule has 0 atom stereocenters. The molecule has 1 aromatic heterocycles. The number of hydroxylamine groups is 1. The van der Waals surface area contributed by atoms with Crippen molar-refractivity contribution in [3.63, 3.8) is 0 Å². The van der Waals surface area contributed by atoms with Gasteiger partial charge >= 0.3 is 12.0 Å². The number of carbonyl (C=O) groups excluding carboxylic acids is 1. The van der Waals surface area contributed by atoms with E-state index in [2.05, 4.69) is 9.97 Å². The van der Waals surface area contributed by atoms with Gasteiger partial charge in [0, 0.05) is 24.2 Å². The van der Waals surface area contributed by atoms with Crippen LogP contribution >= 0.6 is 0 Å². The molecular formula is C22H24N4O4. The summed E-state index contributed by atoms with van der Waals surface area (Å²) in [5.74, 6) is 0.735. The molecule has 0 unspecified atom stereocenters. The van der Waals surface area contributed by atoms with Crippen LogP contribution in [-0.2, 0) is 16.1 Å². The number of nitrogen functional groups attached to an aromatic ring is 1. The molecule has 0 saturated heterocycles. The van der Waals surface area contributed by atoms with Crippen molar-refractivity contribution < 1.29 is 19.1 Å². The molecule has 0 aliphatic heterocycles. The predicted octanol–water partition coefficient (Wildman–Crippen LogP) is 3.27. The number of hydrogen-bond acceptors (Lipinski definition) is 8. The van der Waals surface area contributed by atoms with Crippen molar-refractivity contribution in [2.45, 2.75) is 13.3 Å². The monoisotopic (exact) mass is 408 g/mol. The molecule has 30 heavy (non-hydrogen) atoms. The average molecular weight is 408 g/mol. The summed E-state index contributed by atoms with van der Waals surface area (Å²) < 4.78 is 10.4. The van der Waals surface area contributed by atoms with Gasteiger partial charge in [0.1, 0.15) is 5.75 Å². The van der Waals surface area contributed by atoms with E-state index in [1.54, 1.807) is 25.3 Å². The van der Waals surface area contributed by atoms with Crippen LogP contribution in [0.1, 0.15) is 12.5 Å². The quantitative estimate of drug-likeness (QED) is 0.448. The van der Waals surface area contributed by atoms with Gasteiger partial charge in [-0.1, -0.05) is 24.3 Å². The van der Waals surface area contributed by atoms with E-state index in [0.29, 0.717) is 30.2 Å². The van der Waals surface area contributed by atoms with Gasteiger partial charge in [0.25, 0.3) is 0 Å². The maximum absolute atomic E-state index is 11.7. The van der Waals surface area contributed by atoms with Crippen LogP contribution < -0.4 is 20.3 Å². The smallest absolute Gasteiger partial charge is 0.329 e. The Morgan fingerprint density at radius 1 is 1.03 bits per heavy atom. The van der Waals surface area contributed by atoms with Crippen LogP contribution in [0.5, 0.6) is 11.8 Å². The topological polar surface area (TPSA) is 99.8 Å². The van der Waals surface area contributed by atoms with Crippen molar-refractivity contribution in [3.05, 3.63) is 60.2 Å². The highest BCUT2D eigenvalue weighted by Crippen LogP contribution is 2.26. The third kappa shape index (κ3) is 5.38. The number of carbonyl (C=O) groups is 1. The van der Waals surface area contributed by atoms with Crippen LogP contribution in [0, 0.1) is 0 Å². The summed E-state index contributed by atoms with van der Waals surface area (Å²) in [6.45, 7) is 1.74. The number of benzene rings is 2. The van der Waals surface area contributed by atoms with Crippen molar-refractivity contribution in [1.29, 1.82) is 0 Å². The molecule has 8 nitrogen and oxygen atoms in total. The summed E-state index contributed by atoms with van der Waals surface area (Å²) in [5, 5.41) is 1.44. The Hall–Kier alpha value is -3.81. The van der Waals surface area contributed by atoms with E-state index in [1.807, 2.05) is 36.4 Å². The van der Waals surface area contributed by atoms with E-state index in [0.717, 1.165) is 16.9 Å². The summed E-state index contributed by atoms with van der Waals surface area (Å²) in [5.41, 5.74) is 8.98. The first-order chi connectivity index (χ1) is 14.5. The first-order valence-corrected chi connectivity index (χ1v) is 9.36. The molecule has 2 aromatic carbocycles. The summed E-state index contributed by atoms with van der Waals surface area (Å²) >= 11 is 0. The first-order valence-electron chi connectivity index (χ1n) is 9.36. The van der Waals surface area contributed by atoms with Gasteiger partial charge in [0.2, 0.25) is 0 Å². The zero-order valence-corrected chi connectivity index (χ0v) is 17.2. The largest absolute Gasteiger partial charge is 0.497 e. The van der Waals surface area contributed by atoms with Gasteiger partial charge in [-0.25, -0.2) is 0 Å². The molecule has 0 amide bonds. The van der Waals surface area contributed by atoms with Gasteiger partial charge in [0.15, 0.2) is 5.82 Å². The van der Waals surface area contributed by atoms with Gasteiger partial charge in [-0.2, -0.15) is 15.0 Å². The lowest BCUT2D eigenvalue weighted by Crippen LogP contribution is -2.29. The van der Waals surface area contributed by atoms with Crippen molar-refractivity contribution in [2.75, 3.05) is 31.6 Å². The van der Waals surface area contributed by atoms with Crippen molar-refractivity contribution in [2.24, 2.45) is 0 Å². The summed E-state index contributed by atoms with van der Waals surface area (Å²) in [6.07, 6.45) is 0.622. The Bertz CT molecular complexity index is 1010. The number of hydrogen-bond donors (Lipinski definition) is 1. The Morgan fingerprint density at radius 2 is 1.80 bits per heavy atom. The first kappa shape index (κ1) is 20.9. The number of rotatable bonds is 8. The maximum Gasteiger partial charge on any atom is 0.329 e. The third-order valence-electron chi connectivity index (χ3n) is 4.31. The fraction of sp³-hybridized carbons (Fsp3) is 0.227. The number of aromatic nitrogens is 2. The molecular weight excluding hydrogens is 384 g/mol. The van der Waals surface area contributed by atoms with Crippen LogP contribution in [-0.4, -0.2) is 36.7 Å². The normalized spacial score (nSPS) is 10.4. The lowest BCUT2D eigenvalue weighted by molar-refractivity contribution is -0.142. The standard InChI is InChI=1S/C22H24N4O4/c1-15(27)30-26(12-11-16-7-9-19(28-2)10-8-16)21-14-20(24-22(25-21)29-3)17-5-4-6-18(23)13-17/h4-10,13-14H,11-12,23H2,1-3H3. The highest BCUT2D eigenvalue weighted by atomic mass is 16.7. The number of ether oxygens (including phenoxy) is 2. The average Bonchev–Trinajstić information content (AvgIpc) is 2.76. The van der Waals surface area contributed by atoms with Gasteiger partial charge in [-0.05, 0) is 36.2 Å². The minimum absolute atomic E-state index is 0.159. The van der Waals surface area contributed by atoms with Crippen LogP contribution in [0.15, 0.2) is 54.6 Å². The van der Waals surface area contributed by atoms with E-state index in [-0.39, 0.29) is 6.01 Å². The molecule has 0 saturated carbocycles. The van der Waals surface area contributed by atoms with Gasteiger partial charge in [-0.15, -0.1) is 0 Å². The SMILES string of the molecule is COc1ccc(CCN(OC(C)=O)c2cc(-c3cccc(N)c3)nc(OC)n2)cc1. The molecule has 8 heteroatoms. The van der Waals surface area contributed by atoms with Crippen molar-refractivity contribution >= 4 is 17.5 Å². The lowest BCUT2D eigenvalue weighted by Gasteiger charge is -2.22. The van der Waals surface area contributed by atoms with Crippen LogP contribution in [0.25, 0.3) is 11.3 Å². The molecule has 0 radical (unpaired) electrons. The van der Waals surface area contributed by atoms with Gasteiger partial charge < -0.3 is 20.0 Å². The Kier molecular flexibility index (Phi) is 6.69. The number of nitrogens with two attached hydrogens (primary N) is 1. The Balaban J connectivity index is 1.90. The zero-order valence-electron chi connectivity index (χ0n) is 17.2. The minimum atomic E-state index is -0.451. The molecule has 3 rings (SSSR count). The second-order valence-electron chi connectivity index (χ2n) is 6.51. The highest BCUT2D eigenvalue weighted by Gasteiger charge is 2.16. The molecule has 2 N–H and O–H groups in total. The second-order valence-corrected chi connectivity index (χ2v) is 6.51. The molecule has 156 valence electrons. The van der Waals surface area contributed by atoms with E-state index < -0.39 is 5.97 Å².